The molecule has 0 N–H and O–H groups in total. The van der Waals surface area contributed by atoms with Crippen LogP contribution in [0, 0.1) is 25.7 Å². The van der Waals surface area contributed by atoms with E-state index in [1.54, 1.807) is 6.07 Å². The van der Waals surface area contributed by atoms with Crippen LogP contribution in [0.2, 0.25) is 0 Å². The van der Waals surface area contributed by atoms with Crippen LogP contribution in [0.25, 0.3) is 0 Å². The van der Waals surface area contributed by atoms with E-state index in [-0.39, 0.29) is 11.5 Å². The molecule has 148 valence electrons. The van der Waals surface area contributed by atoms with Gasteiger partial charge in [0, 0.05) is 43.7 Å². The van der Waals surface area contributed by atoms with Gasteiger partial charge >= 0.3 is 0 Å². The smallest absolute Gasteiger partial charge is 0.250 e. The van der Waals surface area contributed by atoms with Crippen LogP contribution >= 0.6 is 0 Å². The molecule has 1 fully saturated rings. The summed E-state index contributed by atoms with van der Waals surface area (Å²) in [6.07, 6.45) is 2.62. The Morgan fingerprint density at radius 2 is 1.86 bits per heavy atom. The maximum absolute atomic E-state index is 13.0. The second kappa shape index (κ2) is 7.57. The summed E-state index contributed by atoms with van der Waals surface area (Å²) in [7, 11) is 0. The fourth-order valence-corrected chi connectivity index (χ4v) is 5.19. The molecule has 0 saturated carbocycles. The number of fused-ring (bicyclic) bond motifs is 4. The average molecular weight is 379 g/mol. The van der Waals surface area contributed by atoms with Crippen molar-refractivity contribution in [3.05, 3.63) is 69.1 Å². The Morgan fingerprint density at radius 3 is 2.61 bits per heavy atom. The summed E-state index contributed by atoms with van der Waals surface area (Å²) in [6, 6.07) is 12.2. The van der Waals surface area contributed by atoms with Crippen molar-refractivity contribution < 1.29 is 4.79 Å². The van der Waals surface area contributed by atoms with Gasteiger partial charge in [-0.25, -0.2) is 0 Å². The van der Waals surface area contributed by atoms with Gasteiger partial charge in [-0.05, 0) is 50.2 Å². The van der Waals surface area contributed by atoms with Crippen molar-refractivity contribution >= 4 is 5.91 Å². The molecule has 1 amide bonds. The van der Waals surface area contributed by atoms with Crippen LogP contribution in [0.1, 0.15) is 48.1 Å². The number of likely N-dealkylation sites (tertiary alicyclic amines) is 1. The van der Waals surface area contributed by atoms with Crippen molar-refractivity contribution in [2.75, 3.05) is 13.1 Å². The van der Waals surface area contributed by atoms with Gasteiger partial charge in [-0.1, -0.05) is 42.3 Å². The summed E-state index contributed by atoms with van der Waals surface area (Å²) in [5.41, 5.74) is 5.08. The molecule has 2 bridgehead atoms. The number of benzene rings is 1. The van der Waals surface area contributed by atoms with Crippen LogP contribution in [-0.4, -0.2) is 28.5 Å². The number of carbonyl (C=O) groups is 1. The minimum absolute atomic E-state index is 0.0917. The Morgan fingerprint density at radius 1 is 1.11 bits per heavy atom. The molecule has 0 radical (unpaired) electrons. The monoisotopic (exact) mass is 378 g/mol. The van der Waals surface area contributed by atoms with Gasteiger partial charge in [-0.2, -0.15) is 0 Å². The number of rotatable bonds is 4. The third-order valence-corrected chi connectivity index (χ3v) is 6.22. The fourth-order valence-electron chi connectivity index (χ4n) is 5.19. The predicted octanol–water partition coefficient (Wildman–Crippen LogP) is 3.68. The molecule has 4 rings (SSSR count). The van der Waals surface area contributed by atoms with Crippen LogP contribution in [0.4, 0.5) is 0 Å². The van der Waals surface area contributed by atoms with E-state index in [1.165, 1.54) is 16.7 Å². The highest BCUT2D eigenvalue weighted by Crippen LogP contribution is 2.35. The predicted molar refractivity (Wildman–Crippen MR) is 112 cm³/mol. The van der Waals surface area contributed by atoms with Gasteiger partial charge in [0.1, 0.15) is 0 Å². The minimum Gasteiger partial charge on any atom is -0.342 e. The van der Waals surface area contributed by atoms with E-state index in [1.807, 2.05) is 10.6 Å². The standard InChI is InChI=1S/C24H30N2O2/c1-16-7-17(2)9-19(8-16)10-18(3)11-24(28)25-13-20-12-21(15-25)22-5-4-6-23(27)26(22)14-20/h4-9,18,20-21H,10-15H2,1-3H3/t18-,20+,21+/m1/s1. The number of aromatic nitrogens is 1. The largest absolute Gasteiger partial charge is 0.342 e. The van der Waals surface area contributed by atoms with Gasteiger partial charge in [-0.3, -0.25) is 9.59 Å². The summed E-state index contributed by atoms with van der Waals surface area (Å²) in [5, 5.41) is 0. The highest BCUT2D eigenvalue weighted by molar-refractivity contribution is 5.76. The average Bonchev–Trinajstić information content (AvgIpc) is 2.61. The molecular weight excluding hydrogens is 348 g/mol. The van der Waals surface area contributed by atoms with Crippen LogP contribution in [0.15, 0.2) is 41.2 Å². The van der Waals surface area contributed by atoms with E-state index < -0.39 is 0 Å². The van der Waals surface area contributed by atoms with Gasteiger partial charge in [-0.15, -0.1) is 0 Å². The molecule has 28 heavy (non-hydrogen) atoms. The van der Waals surface area contributed by atoms with Crippen LogP contribution < -0.4 is 5.56 Å². The Kier molecular flexibility index (Phi) is 5.13. The summed E-state index contributed by atoms with van der Waals surface area (Å²) in [4.78, 5) is 27.2. The highest BCUT2D eigenvalue weighted by Gasteiger charge is 2.36. The molecule has 4 heteroatoms. The third-order valence-electron chi connectivity index (χ3n) is 6.22. The zero-order chi connectivity index (χ0) is 19.8. The Bertz CT molecular complexity index is 926. The van der Waals surface area contributed by atoms with E-state index in [4.69, 9.17) is 0 Å². The van der Waals surface area contributed by atoms with E-state index in [2.05, 4.69) is 49.9 Å². The van der Waals surface area contributed by atoms with E-state index in [0.29, 0.717) is 24.2 Å². The third kappa shape index (κ3) is 3.91. The molecule has 2 aliphatic rings. The number of nitrogens with zero attached hydrogens (tertiary/aromatic N) is 2. The molecular formula is C24H30N2O2. The lowest BCUT2D eigenvalue weighted by atomic mass is 9.83. The van der Waals surface area contributed by atoms with Gasteiger partial charge in [0.25, 0.3) is 5.56 Å². The van der Waals surface area contributed by atoms with Crippen LogP contribution in [0.3, 0.4) is 0 Å². The van der Waals surface area contributed by atoms with Crippen molar-refractivity contribution in [1.82, 2.24) is 9.47 Å². The molecule has 4 nitrogen and oxygen atoms in total. The van der Waals surface area contributed by atoms with Crippen LogP contribution in [-0.2, 0) is 17.8 Å². The minimum atomic E-state index is 0.0917. The first-order valence-electron chi connectivity index (χ1n) is 10.4. The van der Waals surface area contributed by atoms with E-state index in [9.17, 15) is 9.59 Å². The van der Waals surface area contributed by atoms with Gasteiger partial charge < -0.3 is 9.47 Å². The van der Waals surface area contributed by atoms with Gasteiger partial charge in [0.05, 0.1) is 0 Å². The van der Waals surface area contributed by atoms with Crippen LogP contribution in [0.5, 0.6) is 0 Å². The molecule has 1 saturated heterocycles. The molecule has 0 spiro atoms. The van der Waals surface area contributed by atoms with Crippen molar-refractivity contribution in [3.63, 3.8) is 0 Å². The Balaban J connectivity index is 1.41. The normalized spacial score (nSPS) is 21.9. The lowest BCUT2D eigenvalue weighted by molar-refractivity contribution is -0.134. The molecule has 3 heterocycles. The first kappa shape index (κ1) is 19.0. The Labute approximate surface area is 167 Å². The van der Waals surface area contributed by atoms with Gasteiger partial charge in [0.15, 0.2) is 0 Å². The molecule has 3 atom stereocenters. The lowest BCUT2D eigenvalue weighted by Crippen LogP contribution is -2.49. The number of amides is 1. The quantitative estimate of drug-likeness (QED) is 0.814. The first-order chi connectivity index (χ1) is 13.4. The second-order valence-corrected chi connectivity index (χ2v) is 9.01. The summed E-state index contributed by atoms with van der Waals surface area (Å²) in [6.45, 7) is 8.70. The summed E-state index contributed by atoms with van der Waals surface area (Å²) < 4.78 is 1.92. The maximum atomic E-state index is 13.0. The van der Waals surface area contributed by atoms with E-state index >= 15 is 0 Å². The molecule has 0 aliphatic carbocycles. The lowest BCUT2D eigenvalue weighted by Gasteiger charge is -2.43. The molecule has 2 aliphatic heterocycles. The fraction of sp³-hybridized carbons (Fsp3) is 0.500. The number of hydrogen-bond donors (Lipinski definition) is 0. The van der Waals surface area contributed by atoms with Gasteiger partial charge in [0.2, 0.25) is 5.91 Å². The SMILES string of the molecule is Cc1cc(C)cc(C[C@@H](C)CC(=O)N2C[C@@H]3C[C@@H](C2)c2cccc(=O)n2C3)c1. The van der Waals surface area contributed by atoms with E-state index in [0.717, 1.165) is 38.2 Å². The summed E-state index contributed by atoms with van der Waals surface area (Å²) in [5.74, 6) is 1.27. The highest BCUT2D eigenvalue weighted by atomic mass is 16.2. The Hall–Kier alpha value is -2.36. The van der Waals surface area contributed by atoms with Crippen molar-refractivity contribution in [2.24, 2.45) is 11.8 Å². The number of carbonyl (C=O) groups excluding carboxylic acids is 1. The first-order valence-corrected chi connectivity index (χ1v) is 10.4. The number of hydrogen-bond acceptors (Lipinski definition) is 2. The zero-order valence-corrected chi connectivity index (χ0v) is 17.1. The number of aryl methyl sites for hydroxylation is 2. The topological polar surface area (TPSA) is 42.3 Å². The summed E-state index contributed by atoms with van der Waals surface area (Å²) >= 11 is 0. The second-order valence-electron chi connectivity index (χ2n) is 9.01. The number of piperidine rings is 1. The molecule has 2 aromatic rings. The maximum Gasteiger partial charge on any atom is 0.250 e. The molecule has 0 unspecified atom stereocenters. The van der Waals surface area contributed by atoms with Crippen molar-refractivity contribution in [2.45, 2.75) is 52.5 Å². The molecule has 1 aromatic carbocycles. The number of pyridine rings is 1. The molecule has 1 aromatic heterocycles. The zero-order valence-electron chi connectivity index (χ0n) is 17.1. The van der Waals surface area contributed by atoms with Crippen molar-refractivity contribution in [1.29, 1.82) is 0 Å². The van der Waals surface area contributed by atoms with Crippen molar-refractivity contribution in [3.8, 4) is 0 Å².